The molecule has 1 aromatic heterocycles. The van der Waals surface area contributed by atoms with Crippen LogP contribution in [-0.4, -0.2) is 6.61 Å². The van der Waals surface area contributed by atoms with Gasteiger partial charge in [-0.3, -0.25) is 0 Å². The standard InChI is InChI=1S/C12H12BrNOS/c13-10-1-2-12(11(14)7-10)15-5-3-9-4-6-16-8-9/h1-2,4,6-8H,3,5,14H2. The Hall–Kier alpha value is -1.00. The van der Waals surface area contributed by atoms with Gasteiger partial charge in [-0.2, -0.15) is 11.3 Å². The van der Waals surface area contributed by atoms with Crippen molar-refractivity contribution in [1.29, 1.82) is 0 Å². The fraction of sp³-hybridized carbons (Fsp3) is 0.167. The van der Waals surface area contributed by atoms with E-state index in [0.29, 0.717) is 12.3 Å². The summed E-state index contributed by atoms with van der Waals surface area (Å²) < 4.78 is 6.59. The van der Waals surface area contributed by atoms with Gasteiger partial charge >= 0.3 is 0 Å². The Labute approximate surface area is 107 Å². The minimum absolute atomic E-state index is 0.655. The fourth-order valence-electron chi connectivity index (χ4n) is 1.36. The molecule has 2 nitrogen and oxygen atoms in total. The monoisotopic (exact) mass is 297 g/mol. The van der Waals surface area contributed by atoms with Gasteiger partial charge in [0.25, 0.3) is 0 Å². The van der Waals surface area contributed by atoms with Gasteiger partial charge in [0, 0.05) is 10.9 Å². The van der Waals surface area contributed by atoms with Crippen molar-refractivity contribution >= 4 is 33.0 Å². The Balaban J connectivity index is 1.90. The highest BCUT2D eigenvalue weighted by atomic mass is 79.9. The molecule has 4 heteroatoms. The highest BCUT2D eigenvalue weighted by Crippen LogP contribution is 2.25. The van der Waals surface area contributed by atoms with E-state index in [-0.39, 0.29) is 0 Å². The molecular formula is C12H12BrNOS. The van der Waals surface area contributed by atoms with Gasteiger partial charge in [-0.15, -0.1) is 0 Å². The average Bonchev–Trinajstić information content (AvgIpc) is 2.74. The molecule has 0 amide bonds. The predicted molar refractivity (Wildman–Crippen MR) is 72.1 cm³/mol. The lowest BCUT2D eigenvalue weighted by Gasteiger charge is -2.08. The Morgan fingerprint density at radius 2 is 2.19 bits per heavy atom. The Bertz CT molecular complexity index is 456. The summed E-state index contributed by atoms with van der Waals surface area (Å²) in [5, 5.41) is 4.21. The third-order valence-corrected chi connectivity index (χ3v) is 3.43. The van der Waals surface area contributed by atoms with Crippen LogP contribution in [0.5, 0.6) is 5.75 Å². The van der Waals surface area contributed by atoms with E-state index in [0.717, 1.165) is 16.6 Å². The molecule has 0 unspecified atom stereocenters. The summed E-state index contributed by atoms with van der Waals surface area (Å²) in [6.45, 7) is 0.655. The molecule has 0 aliphatic rings. The molecule has 0 saturated carbocycles. The zero-order valence-corrected chi connectivity index (χ0v) is 11.1. The van der Waals surface area contributed by atoms with E-state index in [1.807, 2.05) is 18.2 Å². The van der Waals surface area contributed by atoms with Crippen LogP contribution in [0, 0.1) is 0 Å². The van der Waals surface area contributed by atoms with Crippen LogP contribution in [0.15, 0.2) is 39.5 Å². The molecule has 0 aliphatic carbocycles. The SMILES string of the molecule is Nc1cc(Br)ccc1OCCc1ccsc1. The number of anilines is 1. The molecule has 16 heavy (non-hydrogen) atoms. The van der Waals surface area contributed by atoms with Crippen molar-refractivity contribution in [2.75, 3.05) is 12.3 Å². The average molecular weight is 298 g/mol. The molecule has 0 bridgehead atoms. The molecule has 0 saturated heterocycles. The van der Waals surface area contributed by atoms with Crippen molar-refractivity contribution in [2.45, 2.75) is 6.42 Å². The fourth-order valence-corrected chi connectivity index (χ4v) is 2.45. The number of hydrogen-bond donors (Lipinski definition) is 1. The van der Waals surface area contributed by atoms with Crippen LogP contribution in [0.25, 0.3) is 0 Å². The first-order valence-electron chi connectivity index (χ1n) is 4.94. The van der Waals surface area contributed by atoms with Gasteiger partial charge in [0.05, 0.1) is 12.3 Å². The minimum Gasteiger partial charge on any atom is -0.491 e. The molecule has 84 valence electrons. The normalized spacial score (nSPS) is 10.3. The lowest BCUT2D eigenvalue weighted by atomic mass is 10.2. The summed E-state index contributed by atoms with van der Waals surface area (Å²) in [6, 6.07) is 7.77. The van der Waals surface area contributed by atoms with E-state index in [1.54, 1.807) is 11.3 Å². The quantitative estimate of drug-likeness (QED) is 0.873. The van der Waals surface area contributed by atoms with Gasteiger partial charge in [0.2, 0.25) is 0 Å². The van der Waals surface area contributed by atoms with Gasteiger partial charge < -0.3 is 10.5 Å². The molecule has 2 rings (SSSR count). The van der Waals surface area contributed by atoms with Crippen molar-refractivity contribution in [3.63, 3.8) is 0 Å². The van der Waals surface area contributed by atoms with E-state index < -0.39 is 0 Å². The zero-order chi connectivity index (χ0) is 11.4. The van der Waals surface area contributed by atoms with E-state index >= 15 is 0 Å². The summed E-state index contributed by atoms with van der Waals surface area (Å²) in [5.74, 6) is 0.749. The van der Waals surface area contributed by atoms with Crippen LogP contribution in [0.2, 0.25) is 0 Å². The van der Waals surface area contributed by atoms with Crippen LogP contribution in [0.3, 0.4) is 0 Å². The first-order valence-corrected chi connectivity index (χ1v) is 6.68. The first kappa shape index (κ1) is 11.5. The molecule has 1 aromatic carbocycles. The number of hydrogen-bond acceptors (Lipinski definition) is 3. The van der Waals surface area contributed by atoms with Gasteiger partial charge in [0.1, 0.15) is 5.75 Å². The molecule has 1 heterocycles. The van der Waals surface area contributed by atoms with Crippen molar-refractivity contribution in [2.24, 2.45) is 0 Å². The Kier molecular flexibility index (Phi) is 3.85. The van der Waals surface area contributed by atoms with Gasteiger partial charge in [-0.25, -0.2) is 0 Å². The van der Waals surface area contributed by atoms with Crippen LogP contribution in [0.1, 0.15) is 5.56 Å². The summed E-state index contributed by atoms with van der Waals surface area (Å²) >= 11 is 5.07. The third kappa shape index (κ3) is 3.00. The van der Waals surface area contributed by atoms with Crippen molar-refractivity contribution in [3.05, 3.63) is 45.1 Å². The highest BCUT2D eigenvalue weighted by molar-refractivity contribution is 9.10. The van der Waals surface area contributed by atoms with E-state index in [2.05, 4.69) is 32.8 Å². The predicted octanol–water partition coefficient (Wildman–Crippen LogP) is 3.71. The van der Waals surface area contributed by atoms with Crippen molar-refractivity contribution in [1.82, 2.24) is 0 Å². The Morgan fingerprint density at radius 1 is 1.31 bits per heavy atom. The van der Waals surface area contributed by atoms with Crippen LogP contribution in [0.4, 0.5) is 5.69 Å². The van der Waals surface area contributed by atoms with E-state index in [4.69, 9.17) is 10.5 Å². The number of nitrogen functional groups attached to an aromatic ring is 1. The molecule has 0 atom stereocenters. The number of benzene rings is 1. The van der Waals surface area contributed by atoms with Crippen LogP contribution >= 0.6 is 27.3 Å². The highest BCUT2D eigenvalue weighted by Gasteiger charge is 2.01. The maximum Gasteiger partial charge on any atom is 0.142 e. The molecule has 0 aliphatic heterocycles. The summed E-state index contributed by atoms with van der Waals surface area (Å²) in [6.07, 6.45) is 0.916. The van der Waals surface area contributed by atoms with Crippen LogP contribution in [-0.2, 0) is 6.42 Å². The molecule has 0 spiro atoms. The second kappa shape index (κ2) is 5.37. The molecule has 0 radical (unpaired) electrons. The lowest BCUT2D eigenvalue weighted by Crippen LogP contribution is -2.02. The van der Waals surface area contributed by atoms with E-state index in [9.17, 15) is 0 Å². The maximum absolute atomic E-state index is 5.83. The number of nitrogens with two attached hydrogens (primary N) is 1. The molecule has 2 N–H and O–H groups in total. The summed E-state index contributed by atoms with van der Waals surface area (Å²) in [5.41, 5.74) is 7.80. The van der Waals surface area contributed by atoms with Gasteiger partial charge in [0.15, 0.2) is 0 Å². The Morgan fingerprint density at radius 3 is 2.88 bits per heavy atom. The van der Waals surface area contributed by atoms with Crippen molar-refractivity contribution in [3.8, 4) is 5.75 Å². The third-order valence-electron chi connectivity index (χ3n) is 2.20. The number of ether oxygens (including phenoxy) is 1. The number of rotatable bonds is 4. The molecule has 0 fully saturated rings. The summed E-state index contributed by atoms with van der Waals surface area (Å²) in [7, 11) is 0. The van der Waals surface area contributed by atoms with Crippen molar-refractivity contribution < 1.29 is 4.74 Å². The van der Waals surface area contributed by atoms with E-state index in [1.165, 1.54) is 5.56 Å². The lowest BCUT2D eigenvalue weighted by molar-refractivity contribution is 0.324. The number of thiophene rings is 1. The van der Waals surface area contributed by atoms with Gasteiger partial charge in [-0.05, 0) is 40.6 Å². The maximum atomic E-state index is 5.83. The smallest absolute Gasteiger partial charge is 0.142 e. The minimum atomic E-state index is 0.655. The number of halogens is 1. The summed E-state index contributed by atoms with van der Waals surface area (Å²) in [4.78, 5) is 0. The second-order valence-corrected chi connectivity index (χ2v) is 5.11. The largest absolute Gasteiger partial charge is 0.491 e. The van der Waals surface area contributed by atoms with Gasteiger partial charge in [-0.1, -0.05) is 15.9 Å². The van der Waals surface area contributed by atoms with Crippen LogP contribution < -0.4 is 10.5 Å². The molecular weight excluding hydrogens is 286 g/mol. The first-order chi connectivity index (χ1) is 7.75. The zero-order valence-electron chi connectivity index (χ0n) is 8.65. The topological polar surface area (TPSA) is 35.2 Å². The second-order valence-electron chi connectivity index (χ2n) is 3.41. The molecule has 2 aromatic rings.